The average Bonchev–Trinajstić information content (AvgIpc) is 3.00. The third kappa shape index (κ3) is 3.47. The van der Waals surface area contributed by atoms with E-state index in [1.807, 2.05) is 11.8 Å². The van der Waals surface area contributed by atoms with Gasteiger partial charge >= 0.3 is 0 Å². The van der Waals surface area contributed by atoms with Gasteiger partial charge in [-0.1, -0.05) is 53.7 Å². The zero-order valence-corrected chi connectivity index (χ0v) is 13.8. The molecule has 0 amide bonds. The first-order valence-corrected chi connectivity index (χ1v) is 8.12. The van der Waals surface area contributed by atoms with Gasteiger partial charge in [-0.05, 0) is 33.9 Å². The van der Waals surface area contributed by atoms with E-state index in [9.17, 15) is 5.11 Å². The molecule has 0 bridgehead atoms. The second kappa shape index (κ2) is 4.73. The quantitative estimate of drug-likeness (QED) is 0.795. The van der Waals surface area contributed by atoms with E-state index in [-0.39, 0.29) is 10.8 Å². The van der Waals surface area contributed by atoms with Gasteiger partial charge in [0.15, 0.2) is 0 Å². The number of phenolic OH excluding ortho intramolecular Hbond substituents is 1. The Morgan fingerprint density at radius 1 is 1.05 bits per heavy atom. The molecule has 1 heterocycles. The number of thioether (sulfide) groups is 1. The molecule has 1 N–H and O–H groups in total. The van der Waals surface area contributed by atoms with Crippen molar-refractivity contribution in [1.82, 2.24) is 0 Å². The first-order chi connectivity index (χ1) is 8.59. The SMILES string of the molecule is CC(C)(C)c1cc(CC2CS2)cc(C(C)(C)C)c1O. The van der Waals surface area contributed by atoms with E-state index in [4.69, 9.17) is 0 Å². The van der Waals surface area contributed by atoms with Crippen molar-refractivity contribution in [2.45, 2.75) is 64.0 Å². The summed E-state index contributed by atoms with van der Waals surface area (Å²) in [5.41, 5.74) is 3.51. The van der Waals surface area contributed by atoms with Gasteiger partial charge in [0.1, 0.15) is 5.75 Å². The van der Waals surface area contributed by atoms with E-state index in [0.29, 0.717) is 5.75 Å². The van der Waals surface area contributed by atoms with E-state index in [2.05, 4.69) is 53.7 Å². The Labute approximate surface area is 121 Å². The predicted octanol–water partition coefficient (Wildman–Crippen LogP) is 4.65. The smallest absolute Gasteiger partial charge is 0.123 e. The highest BCUT2D eigenvalue weighted by atomic mass is 32.2. The lowest BCUT2D eigenvalue weighted by molar-refractivity contribution is 0.422. The lowest BCUT2D eigenvalue weighted by atomic mass is 9.78. The Morgan fingerprint density at radius 3 is 1.79 bits per heavy atom. The molecule has 2 rings (SSSR count). The van der Waals surface area contributed by atoms with E-state index >= 15 is 0 Å². The number of rotatable bonds is 2. The summed E-state index contributed by atoms with van der Waals surface area (Å²) in [5, 5.41) is 11.4. The Balaban J connectivity index is 2.52. The summed E-state index contributed by atoms with van der Waals surface area (Å²) in [6.45, 7) is 13.0. The first kappa shape index (κ1) is 14.8. The van der Waals surface area contributed by atoms with Crippen LogP contribution in [0.2, 0.25) is 0 Å². The number of hydrogen-bond donors (Lipinski definition) is 1. The summed E-state index contributed by atoms with van der Waals surface area (Å²) in [6.07, 6.45) is 1.14. The number of hydrogen-bond acceptors (Lipinski definition) is 2. The van der Waals surface area contributed by atoms with Crippen LogP contribution in [0.4, 0.5) is 0 Å². The van der Waals surface area contributed by atoms with Crippen molar-refractivity contribution in [3.05, 3.63) is 28.8 Å². The molecule has 0 saturated carbocycles. The molecule has 1 nitrogen and oxygen atoms in total. The van der Waals surface area contributed by atoms with Crippen LogP contribution in [0, 0.1) is 0 Å². The number of benzene rings is 1. The minimum atomic E-state index is -0.0171. The fourth-order valence-corrected chi connectivity index (χ4v) is 2.97. The van der Waals surface area contributed by atoms with Crippen LogP contribution in [0.15, 0.2) is 12.1 Å². The molecule has 0 spiro atoms. The highest BCUT2D eigenvalue weighted by Crippen LogP contribution is 2.41. The second-order valence-electron chi connectivity index (χ2n) is 7.70. The average molecular weight is 278 g/mol. The first-order valence-electron chi connectivity index (χ1n) is 7.07. The van der Waals surface area contributed by atoms with Crippen molar-refractivity contribution < 1.29 is 5.11 Å². The van der Waals surface area contributed by atoms with Gasteiger partial charge in [-0.3, -0.25) is 0 Å². The van der Waals surface area contributed by atoms with E-state index in [0.717, 1.165) is 22.8 Å². The van der Waals surface area contributed by atoms with E-state index in [1.165, 1.54) is 11.3 Å². The highest BCUT2D eigenvalue weighted by Gasteiger charge is 2.28. The summed E-state index contributed by atoms with van der Waals surface area (Å²) in [7, 11) is 0. The van der Waals surface area contributed by atoms with E-state index in [1.54, 1.807) is 0 Å². The largest absolute Gasteiger partial charge is 0.507 e. The molecule has 1 aliphatic heterocycles. The number of aromatic hydroxyl groups is 1. The molecular weight excluding hydrogens is 252 g/mol. The molecule has 1 atom stereocenters. The maximum absolute atomic E-state index is 10.6. The summed E-state index contributed by atoms with van der Waals surface area (Å²) in [6, 6.07) is 4.42. The summed E-state index contributed by atoms with van der Waals surface area (Å²) < 4.78 is 0. The Hall–Kier alpha value is -0.630. The fourth-order valence-electron chi connectivity index (χ4n) is 2.40. The standard InChI is InChI=1S/C17H26OS/c1-16(2,3)13-8-11(7-12-10-19-12)9-14(15(13)18)17(4,5)6/h8-9,12,18H,7,10H2,1-6H3. The zero-order chi connectivity index (χ0) is 14.4. The van der Waals surface area contributed by atoms with Crippen LogP contribution in [0.1, 0.15) is 58.2 Å². The molecule has 0 radical (unpaired) electrons. The molecule has 1 fully saturated rings. The summed E-state index contributed by atoms with van der Waals surface area (Å²) in [4.78, 5) is 0. The van der Waals surface area contributed by atoms with Crippen LogP contribution < -0.4 is 0 Å². The lowest BCUT2D eigenvalue weighted by Crippen LogP contribution is -2.18. The Morgan fingerprint density at radius 2 is 1.47 bits per heavy atom. The monoisotopic (exact) mass is 278 g/mol. The van der Waals surface area contributed by atoms with Crippen molar-refractivity contribution in [2.24, 2.45) is 0 Å². The van der Waals surface area contributed by atoms with Gasteiger partial charge in [0.2, 0.25) is 0 Å². The summed E-state index contributed by atoms with van der Waals surface area (Å²) in [5.74, 6) is 1.78. The van der Waals surface area contributed by atoms with Gasteiger partial charge in [-0.25, -0.2) is 0 Å². The third-order valence-corrected chi connectivity index (χ3v) is 4.62. The maximum Gasteiger partial charge on any atom is 0.123 e. The van der Waals surface area contributed by atoms with Gasteiger partial charge in [0.05, 0.1) is 0 Å². The van der Waals surface area contributed by atoms with Crippen molar-refractivity contribution in [3.63, 3.8) is 0 Å². The van der Waals surface area contributed by atoms with Crippen LogP contribution >= 0.6 is 11.8 Å². The predicted molar refractivity (Wildman–Crippen MR) is 85.5 cm³/mol. The molecule has 0 aromatic heterocycles. The van der Waals surface area contributed by atoms with Crippen molar-refractivity contribution in [1.29, 1.82) is 0 Å². The minimum Gasteiger partial charge on any atom is -0.507 e. The molecule has 1 aromatic rings. The number of phenols is 1. The molecule has 1 saturated heterocycles. The molecule has 106 valence electrons. The third-order valence-electron chi connectivity index (χ3n) is 3.65. The fraction of sp³-hybridized carbons (Fsp3) is 0.647. The van der Waals surface area contributed by atoms with Crippen molar-refractivity contribution in [2.75, 3.05) is 5.75 Å². The van der Waals surface area contributed by atoms with Crippen LogP contribution in [0.5, 0.6) is 5.75 Å². The normalized spacial score (nSPS) is 19.6. The molecule has 1 aromatic carbocycles. The van der Waals surface area contributed by atoms with Crippen molar-refractivity contribution in [3.8, 4) is 5.75 Å². The second-order valence-corrected chi connectivity index (χ2v) is 9.03. The topological polar surface area (TPSA) is 20.2 Å². The summed E-state index contributed by atoms with van der Waals surface area (Å²) >= 11 is 2.03. The molecule has 0 aliphatic carbocycles. The lowest BCUT2D eigenvalue weighted by Gasteiger charge is -2.28. The minimum absolute atomic E-state index is 0.0171. The van der Waals surface area contributed by atoms with Crippen LogP contribution in [-0.2, 0) is 17.3 Å². The van der Waals surface area contributed by atoms with Crippen molar-refractivity contribution >= 4 is 11.8 Å². The van der Waals surface area contributed by atoms with Gasteiger partial charge in [0.25, 0.3) is 0 Å². The molecule has 2 heteroatoms. The zero-order valence-electron chi connectivity index (χ0n) is 13.0. The Bertz CT molecular complexity index is 438. The molecular formula is C17H26OS. The van der Waals surface area contributed by atoms with Crippen LogP contribution in [-0.4, -0.2) is 16.1 Å². The van der Waals surface area contributed by atoms with Crippen LogP contribution in [0.3, 0.4) is 0 Å². The van der Waals surface area contributed by atoms with Gasteiger partial charge < -0.3 is 5.11 Å². The van der Waals surface area contributed by atoms with Gasteiger partial charge in [-0.2, -0.15) is 11.8 Å². The Kier molecular flexibility index (Phi) is 3.68. The van der Waals surface area contributed by atoms with Gasteiger partial charge in [-0.15, -0.1) is 0 Å². The van der Waals surface area contributed by atoms with Crippen LogP contribution in [0.25, 0.3) is 0 Å². The molecule has 19 heavy (non-hydrogen) atoms. The maximum atomic E-state index is 10.6. The molecule has 1 aliphatic rings. The van der Waals surface area contributed by atoms with E-state index < -0.39 is 0 Å². The van der Waals surface area contributed by atoms with Gasteiger partial charge in [0, 0.05) is 11.0 Å². The molecule has 1 unspecified atom stereocenters. The highest BCUT2D eigenvalue weighted by molar-refractivity contribution is 8.06.